The number of nitrogens with two attached hydrogens (primary N) is 1. The number of carbonyl (C=O) groups is 1. The lowest BCUT2D eigenvalue weighted by molar-refractivity contribution is -0.121. The maximum atomic E-state index is 11.6. The van der Waals surface area contributed by atoms with E-state index in [0.717, 1.165) is 11.3 Å². The van der Waals surface area contributed by atoms with E-state index < -0.39 is 0 Å². The highest BCUT2D eigenvalue weighted by atomic mass is 16.5. The van der Waals surface area contributed by atoms with Crippen molar-refractivity contribution in [1.29, 1.82) is 0 Å². The van der Waals surface area contributed by atoms with Crippen molar-refractivity contribution in [3.05, 3.63) is 29.8 Å². The molecule has 0 bridgehead atoms. The number of methoxy groups -OCH3 is 1. The van der Waals surface area contributed by atoms with Gasteiger partial charge in [-0.15, -0.1) is 0 Å². The van der Waals surface area contributed by atoms with Gasteiger partial charge < -0.3 is 15.8 Å². The van der Waals surface area contributed by atoms with Gasteiger partial charge in [0, 0.05) is 12.0 Å². The van der Waals surface area contributed by atoms with Crippen LogP contribution >= 0.6 is 0 Å². The van der Waals surface area contributed by atoms with Crippen LogP contribution in [0, 0.1) is 0 Å². The van der Waals surface area contributed by atoms with Crippen molar-refractivity contribution in [2.24, 2.45) is 5.73 Å². The second-order valence-corrected chi connectivity index (χ2v) is 3.92. The minimum absolute atomic E-state index is 0.0221. The van der Waals surface area contributed by atoms with Gasteiger partial charge in [0.15, 0.2) is 0 Å². The molecule has 0 aromatic heterocycles. The average molecular weight is 236 g/mol. The SMILES string of the molecule is COc1ccccc1[C@H](C)NC(=O)CCCN. The van der Waals surface area contributed by atoms with Gasteiger partial charge in [-0.25, -0.2) is 0 Å². The van der Waals surface area contributed by atoms with E-state index in [4.69, 9.17) is 10.5 Å². The van der Waals surface area contributed by atoms with E-state index in [1.165, 1.54) is 0 Å². The molecule has 3 N–H and O–H groups in total. The van der Waals surface area contributed by atoms with Gasteiger partial charge in [0.25, 0.3) is 0 Å². The number of para-hydroxylation sites is 1. The first-order chi connectivity index (χ1) is 8.19. The van der Waals surface area contributed by atoms with Gasteiger partial charge in [0.1, 0.15) is 5.75 Å². The zero-order valence-corrected chi connectivity index (χ0v) is 10.4. The molecule has 1 atom stereocenters. The molecule has 0 aliphatic carbocycles. The molecular weight excluding hydrogens is 216 g/mol. The highest BCUT2D eigenvalue weighted by molar-refractivity contribution is 5.76. The summed E-state index contributed by atoms with van der Waals surface area (Å²) in [5, 5.41) is 2.93. The molecule has 0 aliphatic rings. The largest absolute Gasteiger partial charge is 0.496 e. The van der Waals surface area contributed by atoms with Crippen molar-refractivity contribution in [3.63, 3.8) is 0 Å². The number of hydrogen-bond donors (Lipinski definition) is 2. The molecule has 1 rings (SSSR count). The van der Waals surface area contributed by atoms with Crippen LogP contribution in [0.4, 0.5) is 0 Å². The van der Waals surface area contributed by atoms with Crippen LogP contribution in [0.15, 0.2) is 24.3 Å². The first-order valence-corrected chi connectivity index (χ1v) is 5.81. The molecule has 0 aliphatic heterocycles. The topological polar surface area (TPSA) is 64.3 Å². The third-order valence-electron chi connectivity index (χ3n) is 2.59. The van der Waals surface area contributed by atoms with E-state index in [1.54, 1.807) is 7.11 Å². The van der Waals surface area contributed by atoms with E-state index in [0.29, 0.717) is 19.4 Å². The van der Waals surface area contributed by atoms with Crippen molar-refractivity contribution in [2.75, 3.05) is 13.7 Å². The lowest BCUT2D eigenvalue weighted by atomic mass is 10.1. The van der Waals surface area contributed by atoms with Crippen LogP contribution in [-0.2, 0) is 4.79 Å². The summed E-state index contributed by atoms with van der Waals surface area (Å²) in [6, 6.07) is 7.62. The summed E-state index contributed by atoms with van der Waals surface area (Å²) in [5.74, 6) is 0.813. The van der Waals surface area contributed by atoms with Crippen LogP contribution in [0.5, 0.6) is 5.75 Å². The molecule has 0 saturated carbocycles. The van der Waals surface area contributed by atoms with Crippen LogP contribution in [0.3, 0.4) is 0 Å². The number of benzene rings is 1. The number of carbonyl (C=O) groups excluding carboxylic acids is 1. The van der Waals surface area contributed by atoms with Gasteiger partial charge in [-0.1, -0.05) is 18.2 Å². The first kappa shape index (κ1) is 13.5. The predicted octanol–water partition coefficient (Wildman–Crippen LogP) is 1.61. The molecule has 0 radical (unpaired) electrons. The molecule has 0 heterocycles. The van der Waals surface area contributed by atoms with Crippen molar-refractivity contribution in [2.45, 2.75) is 25.8 Å². The Hall–Kier alpha value is -1.55. The molecule has 1 amide bonds. The summed E-state index contributed by atoms with van der Waals surface area (Å²) in [4.78, 5) is 11.6. The molecule has 1 aromatic rings. The first-order valence-electron chi connectivity index (χ1n) is 5.81. The summed E-state index contributed by atoms with van der Waals surface area (Å²) in [5.41, 5.74) is 6.35. The second kappa shape index (κ2) is 6.91. The second-order valence-electron chi connectivity index (χ2n) is 3.92. The zero-order valence-electron chi connectivity index (χ0n) is 10.4. The summed E-state index contributed by atoms with van der Waals surface area (Å²) in [7, 11) is 1.63. The molecule has 1 aromatic carbocycles. The number of nitrogens with one attached hydrogen (secondary N) is 1. The van der Waals surface area contributed by atoms with E-state index in [1.807, 2.05) is 31.2 Å². The summed E-state index contributed by atoms with van der Waals surface area (Å²) >= 11 is 0. The fourth-order valence-electron chi connectivity index (χ4n) is 1.68. The summed E-state index contributed by atoms with van der Waals surface area (Å²) in [6.45, 7) is 2.48. The van der Waals surface area contributed by atoms with E-state index in [-0.39, 0.29) is 11.9 Å². The molecule has 94 valence electrons. The smallest absolute Gasteiger partial charge is 0.220 e. The fourth-order valence-corrected chi connectivity index (χ4v) is 1.68. The van der Waals surface area contributed by atoms with Crippen LogP contribution < -0.4 is 15.8 Å². The Morgan fingerprint density at radius 3 is 2.82 bits per heavy atom. The molecular formula is C13H20N2O2. The van der Waals surface area contributed by atoms with E-state index in [2.05, 4.69) is 5.32 Å². The summed E-state index contributed by atoms with van der Waals surface area (Å²) < 4.78 is 5.26. The number of ether oxygens (including phenoxy) is 1. The third-order valence-corrected chi connectivity index (χ3v) is 2.59. The lowest BCUT2D eigenvalue weighted by Gasteiger charge is -2.17. The molecule has 17 heavy (non-hydrogen) atoms. The zero-order chi connectivity index (χ0) is 12.7. The Kier molecular flexibility index (Phi) is 5.49. The lowest BCUT2D eigenvalue weighted by Crippen LogP contribution is -2.27. The molecule has 4 heteroatoms. The minimum Gasteiger partial charge on any atom is -0.496 e. The van der Waals surface area contributed by atoms with Gasteiger partial charge in [-0.3, -0.25) is 4.79 Å². The molecule has 0 saturated heterocycles. The van der Waals surface area contributed by atoms with Gasteiger partial charge in [0.2, 0.25) is 5.91 Å². The standard InChI is InChI=1S/C13H20N2O2/c1-10(15-13(16)8-5-9-14)11-6-3-4-7-12(11)17-2/h3-4,6-7,10H,5,8-9,14H2,1-2H3,(H,15,16)/t10-/m0/s1. The molecule has 4 nitrogen and oxygen atoms in total. The Balaban J connectivity index is 2.62. The Labute approximate surface area is 102 Å². The number of hydrogen-bond acceptors (Lipinski definition) is 3. The Morgan fingerprint density at radius 2 is 2.18 bits per heavy atom. The van der Waals surface area contributed by atoms with Crippen molar-refractivity contribution in [1.82, 2.24) is 5.32 Å². The van der Waals surface area contributed by atoms with Gasteiger partial charge >= 0.3 is 0 Å². The van der Waals surface area contributed by atoms with E-state index in [9.17, 15) is 4.79 Å². The minimum atomic E-state index is -0.0589. The summed E-state index contributed by atoms with van der Waals surface area (Å²) in [6.07, 6.45) is 1.18. The van der Waals surface area contributed by atoms with Crippen LogP contribution in [0.25, 0.3) is 0 Å². The Bertz CT molecular complexity index is 366. The maximum absolute atomic E-state index is 11.6. The van der Waals surface area contributed by atoms with Gasteiger partial charge in [-0.2, -0.15) is 0 Å². The highest BCUT2D eigenvalue weighted by Gasteiger charge is 2.12. The van der Waals surface area contributed by atoms with Gasteiger partial charge in [-0.05, 0) is 26.0 Å². The number of amides is 1. The van der Waals surface area contributed by atoms with Crippen LogP contribution in [0.1, 0.15) is 31.4 Å². The third kappa shape index (κ3) is 4.07. The maximum Gasteiger partial charge on any atom is 0.220 e. The monoisotopic (exact) mass is 236 g/mol. The van der Waals surface area contributed by atoms with Crippen molar-refractivity contribution >= 4 is 5.91 Å². The molecule has 0 spiro atoms. The normalized spacial score (nSPS) is 11.9. The van der Waals surface area contributed by atoms with Crippen molar-refractivity contribution < 1.29 is 9.53 Å². The molecule has 0 fully saturated rings. The number of rotatable bonds is 6. The average Bonchev–Trinajstić information content (AvgIpc) is 2.36. The quantitative estimate of drug-likeness (QED) is 0.788. The Morgan fingerprint density at radius 1 is 1.47 bits per heavy atom. The highest BCUT2D eigenvalue weighted by Crippen LogP contribution is 2.24. The van der Waals surface area contributed by atoms with Crippen LogP contribution in [-0.4, -0.2) is 19.6 Å². The fraction of sp³-hybridized carbons (Fsp3) is 0.462. The van der Waals surface area contributed by atoms with Gasteiger partial charge in [0.05, 0.1) is 13.2 Å². The van der Waals surface area contributed by atoms with E-state index >= 15 is 0 Å². The molecule has 0 unspecified atom stereocenters. The predicted molar refractivity (Wildman–Crippen MR) is 67.8 cm³/mol. The van der Waals surface area contributed by atoms with Crippen LogP contribution in [0.2, 0.25) is 0 Å². The van der Waals surface area contributed by atoms with Crippen molar-refractivity contribution in [3.8, 4) is 5.75 Å².